The van der Waals surface area contributed by atoms with Crippen LogP contribution in [0.5, 0.6) is 17.2 Å². The topological polar surface area (TPSA) is 71.1 Å². The highest BCUT2D eigenvalue weighted by Gasteiger charge is 2.19. The molecule has 6 heteroatoms. The lowest BCUT2D eigenvalue weighted by molar-refractivity contribution is 0.0442. The molecule has 0 fully saturated rings. The van der Waals surface area contributed by atoms with Gasteiger partial charge in [0.15, 0.2) is 5.78 Å². The van der Waals surface area contributed by atoms with Gasteiger partial charge in [-0.2, -0.15) is 0 Å². The summed E-state index contributed by atoms with van der Waals surface area (Å²) in [6.07, 6.45) is 0. The van der Waals surface area contributed by atoms with Gasteiger partial charge < -0.3 is 18.9 Å². The van der Waals surface area contributed by atoms with Gasteiger partial charge in [-0.15, -0.1) is 0 Å². The number of hydrogen-bond donors (Lipinski definition) is 0. The molecule has 0 spiro atoms. The minimum atomic E-state index is -0.572. The van der Waals surface area contributed by atoms with Crippen LogP contribution in [0.15, 0.2) is 42.5 Å². The van der Waals surface area contributed by atoms with Crippen molar-refractivity contribution in [3.05, 3.63) is 53.6 Å². The summed E-state index contributed by atoms with van der Waals surface area (Å²) >= 11 is 0. The molecule has 132 valence electrons. The SMILES string of the molecule is COc1cccc(OC)c1C(=O)OCCOc1ccccc1C(C)=O. The molecule has 0 aliphatic rings. The summed E-state index contributed by atoms with van der Waals surface area (Å²) in [5, 5.41) is 0. The minimum absolute atomic E-state index is 0.0201. The van der Waals surface area contributed by atoms with Crippen LogP contribution in [0.3, 0.4) is 0 Å². The van der Waals surface area contributed by atoms with E-state index in [0.717, 1.165) is 0 Å². The number of Topliss-reactive ketones (excluding diaryl/α,β-unsaturated/α-hetero) is 1. The first-order valence-corrected chi connectivity index (χ1v) is 7.69. The molecular formula is C19H20O6. The maximum atomic E-state index is 12.3. The average Bonchev–Trinajstić information content (AvgIpc) is 2.64. The Morgan fingerprint density at radius 3 is 2.04 bits per heavy atom. The average molecular weight is 344 g/mol. The summed E-state index contributed by atoms with van der Waals surface area (Å²) in [6.45, 7) is 1.61. The fraction of sp³-hybridized carbons (Fsp3) is 0.263. The van der Waals surface area contributed by atoms with Crippen molar-refractivity contribution in [3.8, 4) is 17.2 Å². The van der Waals surface area contributed by atoms with Crippen molar-refractivity contribution in [1.82, 2.24) is 0 Å². The lowest BCUT2D eigenvalue weighted by Gasteiger charge is -2.13. The smallest absolute Gasteiger partial charge is 0.345 e. The van der Waals surface area contributed by atoms with Gasteiger partial charge in [-0.05, 0) is 31.2 Å². The lowest BCUT2D eigenvalue weighted by Crippen LogP contribution is -2.14. The van der Waals surface area contributed by atoms with E-state index >= 15 is 0 Å². The summed E-state index contributed by atoms with van der Waals surface area (Å²) in [4.78, 5) is 23.8. The molecule has 6 nitrogen and oxygen atoms in total. The number of ether oxygens (including phenoxy) is 4. The summed E-state index contributed by atoms with van der Waals surface area (Å²) in [5.41, 5.74) is 0.705. The molecule has 2 rings (SSSR count). The van der Waals surface area contributed by atoms with E-state index in [0.29, 0.717) is 22.8 Å². The molecular weight excluding hydrogens is 324 g/mol. The van der Waals surface area contributed by atoms with Crippen LogP contribution in [-0.2, 0) is 4.74 Å². The van der Waals surface area contributed by atoms with Gasteiger partial charge in [0.25, 0.3) is 0 Å². The summed E-state index contributed by atoms with van der Waals surface area (Å²) in [7, 11) is 2.93. The number of esters is 1. The molecule has 25 heavy (non-hydrogen) atoms. The van der Waals surface area contributed by atoms with Crippen LogP contribution in [-0.4, -0.2) is 39.2 Å². The number of ketones is 1. The van der Waals surface area contributed by atoms with Crippen LogP contribution < -0.4 is 14.2 Å². The van der Waals surface area contributed by atoms with Crippen molar-refractivity contribution in [2.45, 2.75) is 6.92 Å². The van der Waals surface area contributed by atoms with Crippen LogP contribution in [0.25, 0.3) is 0 Å². The van der Waals surface area contributed by atoms with Crippen LogP contribution in [0, 0.1) is 0 Å². The van der Waals surface area contributed by atoms with Crippen molar-refractivity contribution in [2.24, 2.45) is 0 Å². The van der Waals surface area contributed by atoms with E-state index in [9.17, 15) is 9.59 Å². The highest BCUT2D eigenvalue weighted by atomic mass is 16.6. The Balaban J connectivity index is 1.97. The Morgan fingerprint density at radius 2 is 1.44 bits per heavy atom. The van der Waals surface area contributed by atoms with E-state index < -0.39 is 5.97 Å². The highest BCUT2D eigenvalue weighted by Crippen LogP contribution is 2.28. The van der Waals surface area contributed by atoms with Gasteiger partial charge in [0.05, 0.1) is 19.8 Å². The van der Waals surface area contributed by atoms with Gasteiger partial charge in [-0.3, -0.25) is 4.79 Å². The first kappa shape index (κ1) is 18.3. The number of rotatable bonds is 8. The fourth-order valence-electron chi connectivity index (χ4n) is 2.29. The summed E-state index contributed by atoms with van der Waals surface area (Å²) in [5.74, 6) is 0.532. The molecule has 0 heterocycles. The van der Waals surface area contributed by atoms with Crippen molar-refractivity contribution >= 4 is 11.8 Å². The van der Waals surface area contributed by atoms with Crippen LogP contribution in [0.2, 0.25) is 0 Å². The van der Waals surface area contributed by atoms with E-state index in [1.54, 1.807) is 42.5 Å². The summed E-state index contributed by atoms with van der Waals surface area (Å²) < 4.78 is 21.1. The lowest BCUT2D eigenvalue weighted by atomic mass is 10.1. The third-order valence-corrected chi connectivity index (χ3v) is 3.47. The second-order valence-corrected chi connectivity index (χ2v) is 5.07. The minimum Gasteiger partial charge on any atom is -0.496 e. The van der Waals surface area contributed by atoms with Crippen LogP contribution in [0.4, 0.5) is 0 Å². The van der Waals surface area contributed by atoms with Gasteiger partial charge in [0, 0.05) is 0 Å². The Kier molecular flexibility index (Phi) is 6.39. The fourth-order valence-corrected chi connectivity index (χ4v) is 2.29. The predicted octanol–water partition coefficient (Wildman–Crippen LogP) is 3.14. The molecule has 0 aliphatic heterocycles. The highest BCUT2D eigenvalue weighted by molar-refractivity contribution is 5.97. The molecule has 0 saturated heterocycles. The Hall–Kier alpha value is -3.02. The van der Waals surface area contributed by atoms with Crippen molar-refractivity contribution in [3.63, 3.8) is 0 Å². The van der Waals surface area contributed by atoms with Crippen molar-refractivity contribution in [2.75, 3.05) is 27.4 Å². The van der Waals surface area contributed by atoms with Crippen molar-refractivity contribution < 1.29 is 28.5 Å². The molecule has 0 saturated carbocycles. The van der Waals surface area contributed by atoms with E-state index in [-0.39, 0.29) is 24.6 Å². The quantitative estimate of drug-likeness (QED) is 0.416. The van der Waals surface area contributed by atoms with E-state index in [4.69, 9.17) is 18.9 Å². The number of benzene rings is 2. The Labute approximate surface area is 146 Å². The van der Waals surface area contributed by atoms with Gasteiger partial charge in [-0.25, -0.2) is 4.79 Å². The molecule has 2 aromatic rings. The maximum Gasteiger partial charge on any atom is 0.345 e. The second kappa shape index (κ2) is 8.73. The van der Waals surface area contributed by atoms with E-state index in [1.165, 1.54) is 21.1 Å². The normalized spacial score (nSPS) is 10.0. The standard InChI is InChI=1S/C19H20O6/c1-13(20)14-7-4-5-8-15(14)24-11-12-25-19(21)18-16(22-2)9-6-10-17(18)23-3/h4-10H,11-12H2,1-3H3. The third-order valence-electron chi connectivity index (χ3n) is 3.47. The molecule has 2 aromatic carbocycles. The number of methoxy groups -OCH3 is 2. The molecule has 0 aliphatic carbocycles. The summed E-state index contributed by atoms with van der Waals surface area (Å²) in [6, 6.07) is 11.9. The molecule has 0 bridgehead atoms. The number of carbonyl (C=O) groups is 2. The van der Waals surface area contributed by atoms with Gasteiger partial charge in [0.2, 0.25) is 0 Å². The van der Waals surface area contributed by atoms with E-state index in [1.807, 2.05) is 0 Å². The Morgan fingerprint density at radius 1 is 0.840 bits per heavy atom. The molecule has 0 N–H and O–H groups in total. The molecule has 0 radical (unpaired) electrons. The zero-order valence-corrected chi connectivity index (χ0v) is 14.4. The largest absolute Gasteiger partial charge is 0.496 e. The maximum absolute atomic E-state index is 12.3. The molecule has 0 aromatic heterocycles. The van der Waals surface area contributed by atoms with Gasteiger partial charge in [0.1, 0.15) is 36.0 Å². The number of para-hydroxylation sites is 1. The number of hydrogen-bond acceptors (Lipinski definition) is 6. The zero-order valence-electron chi connectivity index (χ0n) is 14.4. The predicted molar refractivity (Wildman–Crippen MR) is 91.8 cm³/mol. The molecule has 0 amide bonds. The van der Waals surface area contributed by atoms with Gasteiger partial charge in [-0.1, -0.05) is 18.2 Å². The zero-order chi connectivity index (χ0) is 18.2. The van der Waals surface area contributed by atoms with Crippen LogP contribution in [0.1, 0.15) is 27.6 Å². The van der Waals surface area contributed by atoms with Gasteiger partial charge >= 0.3 is 5.97 Å². The molecule has 0 unspecified atom stereocenters. The third kappa shape index (κ3) is 4.50. The molecule has 0 atom stereocenters. The van der Waals surface area contributed by atoms with Crippen LogP contribution >= 0.6 is 0 Å². The van der Waals surface area contributed by atoms with Crippen molar-refractivity contribution in [1.29, 1.82) is 0 Å². The Bertz CT molecular complexity index is 731. The second-order valence-electron chi connectivity index (χ2n) is 5.07. The monoisotopic (exact) mass is 344 g/mol. The number of carbonyl (C=O) groups excluding carboxylic acids is 2. The first-order valence-electron chi connectivity index (χ1n) is 7.69. The van der Waals surface area contributed by atoms with E-state index in [2.05, 4.69) is 0 Å². The first-order chi connectivity index (χ1) is 12.1.